The number of pyridine rings is 1. The number of carboxylic acid groups (broad SMARTS) is 1. The molecular formula is C19H21FN2O4. The van der Waals surface area contributed by atoms with E-state index in [0.29, 0.717) is 5.56 Å². The average Bonchev–Trinajstić information content (AvgIpc) is 2.51. The second-order valence-electron chi connectivity index (χ2n) is 6.90. The number of nitrogens with zero attached hydrogens (tertiary/aromatic N) is 1. The van der Waals surface area contributed by atoms with E-state index in [2.05, 4.69) is 4.98 Å². The zero-order chi connectivity index (χ0) is 19.5. The van der Waals surface area contributed by atoms with Gasteiger partial charge >= 0.3 is 11.9 Å². The lowest BCUT2D eigenvalue weighted by Gasteiger charge is -2.20. The van der Waals surface area contributed by atoms with Gasteiger partial charge in [-0.15, -0.1) is 0 Å². The van der Waals surface area contributed by atoms with Crippen molar-refractivity contribution in [3.8, 4) is 0 Å². The van der Waals surface area contributed by atoms with Crippen molar-refractivity contribution in [1.82, 2.24) is 4.98 Å². The maximum atomic E-state index is 14.7. The Hall–Kier alpha value is -2.96. The van der Waals surface area contributed by atoms with Crippen LogP contribution in [0.15, 0.2) is 36.5 Å². The lowest BCUT2D eigenvalue weighted by molar-refractivity contribution is -0.137. The summed E-state index contributed by atoms with van der Waals surface area (Å²) in [5.74, 6) is -2.96. The van der Waals surface area contributed by atoms with E-state index in [9.17, 15) is 19.1 Å². The predicted octanol–water partition coefficient (Wildman–Crippen LogP) is 3.36. The highest BCUT2D eigenvalue weighted by atomic mass is 19.1. The van der Waals surface area contributed by atoms with Gasteiger partial charge in [-0.3, -0.25) is 4.79 Å². The Bertz CT molecular complexity index is 831. The number of carbonyl (C=O) groups is 2. The lowest BCUT2D eigenvalue weighted by Crippen LogP contribution is -2.24. The van der Waals surface area contributed by atoms with Crippen molar-refractivity contribution in [2.75, 3.05) is 5.73 Å². The molecule has 1 aromatic carbocycles. The number of hydrogen-bond acceptors (Lipinski definition) is 5. The Labute approximate surface area is 150 Å². The fourth-order valence-corrected chi connectivity index (χ4v) is 2.54. The molecule has 0 fully saturated rings. The number of aliphatic carboxylic acids is 1. The van der Waals surface area contributed by atoms with Gasteiger partial charge in [0.2, 0.25) is 0 Å². The minimum atomic E-state index is -1.08. The molecule has 0 bridgehead atoms. The van der Waals surface area contributed by atoms with Gasteiger partial charge in [-0.1, -0.05) is 6.07 Å². The normalized spacial score (nSPS) is 12.5. The number of aromatic nitrogens is 1. The third-order valence-corrected chi connectivity index (χ3v) is 3.60. The molecule has 2 aromatic rings. The highest BCUT2D eigenvalue weighted by Crippen LogP contribution is 2.31. The minimum Gasteiger partial charge on any atom is -0.481 e. The second kappa shape index (κ2) is 7.51. The first kappa shape index (κ1) is 19.4. The van der Waals surface area contributed by atoms with E-state index >= 15 is 0 Å². The van der Waals surface area contributed by atoms with Crippen LogP contribution < -0.4 is 5.73 Å². The second-order valence-corrected chi connectivity index (χ2v) is 6.90. The Morgan fingerprint density at radius 3 is 2.50 bits per heavy atom. The molecule has 0 saturated carbocycles. The van der Waals surface area contributed by atoms with Crippen molar-refractivity contribution >= 4 is 17.8 Å². The summed E-state index contributed by atoms with van der Waals surface area (Å²) in [7, 11) is 0. The number of esters is 1. The summed E-state index contributed by atoms with van der Waals surface area (Å²) in [6.07, 6.45) is 1.11. The minimum absolute atomic E-state index is 0.0597. The Morgan fingerprint density at radius 2 is 1.96 bits per heavy atom. The van der Waals surface area contributed by atoms with Crippen LogP contribution in [0, 0.1) is 5.82 Å². The zero-order valence-corrected chi connectivity index (χ0v) is 14.8. The van der Waals surface area contributed by atoms with E-state index < -0.39 is 29.3 Å². The summed E-state index contributed by atoms with van der Waals surface area (Å²) in [5, 5.41) is 9.19. The fourth-order valence-electron chi connectivity index (χ4n) is 2.54. The van der Waals surface area contributed by atoms with Gasteiger partial charge in [0, 0.05) is 12.1 Å². The Kier molecular flexibility index (Phi) is 5.59. The summed E-state index contributed by atoms with van der Waals surface area (Å²) >= 11 is 0. The maximum absolute atomic E-state index is 14.7. The van der Waals surface area contributed by atoms with E-state index in [1.807, 2.05) is 0 Å². The number of nitrogen functional groups attached to an aromatic ring is 1. The molecule has 6 nitrogen and oxygen atoms in total. The fraction of sp³-hybridized carbons (Fsp3) is 0.316. The van der Waals surface area contributed by atoms with Gasteiger partial charge in [-0.25, -0.2) is 14.2 Å². The van der Waals surface area contributed by atoms with Crippen LogP contribution in [0.3, 0.4) is 0 Å². The Balaban J connectivity index is 2.40. The molecule has 3 N–H and O–H groups in total. The van der Waals surface area contributed by atoms with Crippen molar-refractivity contribution < 1.29 is 23.8 Å². The molecule has 0 radical (unpaired) electrons. The molecule has 26 heavy (non-hydrogen) atoms. The molecule has 0 aliphatic rings. The number of rotatable bonds is 5. The quantitative estimate of drug-likeness (QED) is 0.793. The van der Waals surface area contributed by atoms with Crippen molar-refractivity contribution in [2.24, 2.45) is 0 Å². The van der Waals surface area contributed by atoms with Crippen LogP contribution in [0.4, 0.5) is 10.2 Å². The molecule has 0 saturated heterocycles. The summed E-state index contributed by atoms with van der Waals surface area (Å²) in [4.78, 5) is 27.2. The molecule has 7 heteroatoms. The van der Waals surface area contributed by atoms with Crippen molar-refractivity contribution in [3.63, 3.8) is 0 Å². The van der Waals surface area contributed by atoms with Gasteiger partial charge in [-0.05, 0) is 56.2 Å². The number of anilines is 1. The van der Waals surface area contributed by atoms with Gasteiger partial charge in [0.15, 0.2) is 0 Å². The number of carboxylic acids is 1. The molecular weight excluding hydrogens is 339 g/mol. The summed E-state index contributed by atoms with van der Waals surface area (Å²) < 4.78 is 19.9. The van der Waals surface area contributed by atoms with E-state index in [0.717, 1.165) is 6.07 Å². The maximum Gasteiger partial charge on any atom is 0.338 e. The molecule has 0 aliphatic carbocycles. The van der Waals surface area contributed by atoms with Crippen LogP contribution >= 0.6 is 0 Å². The molecule has 1 heterocycles. The van der Waals surface area contributed by atoms with Crippen molar-refractivity contribution in [2.45, 2.75) is 38.7 Å². The van der Waals surface area contributed by atoms with Crippen LogP contribution in [0.25, 0.3) is 0 Å². The summed E-state index contributed by atoms with van der Waals surface area (Å²) in [6, 6.07) is 6.98. The number of benzene rings is 1. The average molecular weight is 360 g/mol. The highest BCUT2D eigenvalue weighted by Gasteiger charge is 2.24. The van der Waals surface area contributed by atoms with Crippen molar-refractivity contribution in [3.05, 3.63) is 59.0 Å². The molecule has 138 valence electrons. The smallest absolute Gasteiger partial charge is 0.338 e. The first-order valence-electron chi connectivity index (χ1n) is 8.03. The summed E-state index contributed by atoms with van der Waals surface area (Å²) in [6.45, 7) is 5.14. The molecule has 1 aromatic heterocycles. The number of hydrogen-bond donors (Lipinski definition) is 2. The molecule has 2 rings (SSSR count). The van der Waals surface area contributed by atoms with E-state index in [-0.39, 0.29) is 23.4 Å². The lowest BCUT2D eigenvalue weighted by atomic mass is 9.88. The van der Waals surface area contributed by atoms with E-state index in [4.69, 9.17) is 10.5 Å². The first-order chi connectivity index (χ1) is 12.1. The van der Waals surface area contributed by atoms with Gasteiger partial charge in [0.25, 0.3) is 0 Å². The number of halogens is 1. The number of carbonyl (C=O) groups excluding carboxylic acids is 1. The third-order valence-electron chi connectivity index (χ3n) is 3.60. The van der Waals surface area contributed by atoms with E-state index in [1.54, 1.807) is 26.8 Å². The van der Waals surface area contributed by atoms with Gasteiger partial charge in [0.1, 0.15) is 17.2 Å². The van der Waals surface area contributed by atoms with Gasteiger partial charge in [-0.2, -0.15) is 0 Å². The largest absolute Gasteiger partial charge is 0.481 e. The molecule has 0 amide bonds. The van der Waals surface area contributed by atoms with Crippen LogP contribution in [-0.2, 0) is 9.53 Å². The molecule has 1 atom stereocenters. The molecule has 0 spiro atoms. The van der Waals surface area contributed by atoms with Gasteiger partial charge < -0.3 is 15.6 Å². The number of nitrogens with two attached hydrogens (primary N) is 1. The van der Waals surface area contributed by atoms with Gasteiger partial charge in [0.05, 0.1) is 12.0 Å². The SMILES string of the molecule is CC(C)(C)OC(=O)c1ccc(C(CC(=O)O)c2ccnc(N)c2)c(F)c1. The van der Waals surface area contributed by atoms with Crippen LogP contribution in [-0.4, -0.2) is 27.6 Å². The first-order valence-corrected chi connectivity index (χ1v) is 8.03. The van der Waals surface area contributed by atoms with Crippen LogP contribution in [0.1, 0.15) is 54.6 Å². The molecule has 0 aliphatic heterocycles. The molecule has 1 unspecified atom stereocenters. The topological polar surface area (TPSA) is 103 Å². The highest BCUT2D eigenvalue weighted by molar-refractivity contribution is 5.89. The standard InChI is InChI=1S/C19H21FN2O4/c1-19(2,3)26-18(25)12-4-5-13(15(20)8-12)14(10-17(23)24)11-6-7-22-16(21)9-11/h4-9,14H,10H2,1-3H3,(H2,21,22)(H,23,24). The van der Waals surface area contributed by atoms with E-state index in [1.165, 1.54) is 24.4 Å². The van der Waals surface area contributed by atoms with Crippen LogP contribution in [0.2, 0.25) is 0 Å². The zero-order valence-electron chi connectivity index (χ0n) is 14.8. The third kappa shape index (κ3) is 5.02. The monoisotopic (exact) mass is 360 g/mol. The van der Waals surface area contributed by atoms with Crippen LogP contribution in [0.5, 0.6) is 0 Å². The van der Waals surface area contributed by atoms with Crippen molar-refractivity contribution in [1.29, 1.82) is 0 Å². The Morgan fingerprint density at radius 1 is 1.27 bits per heavy atom. The summed E-state index contributed by atoms with van der Waals surface area (Å²) in [5.41, 5.74) is 5.70. The predicted molar refractivity (Wildman–Crippen MR) is 94.3 cm³/mol. The number of ether oxygens (including phenoxy) is 1.